The molecule has 10 nitrogen and oxygen atoms in total. The number of nitro benzene ring substituents is 1. The molecule has 5 rings (SSSR count). The van der Waals surface area contributed by atoms with E-state index < -0.39 is 22.0 Å². The van der Waals surface area contributed by atoms with Crippen LogP contribution in [0.25, 0.3) is 16.8 Å². The van der Waals surface area contributed by atoms with Crippen molar-refractivity contribution in [2.45, 2.75) is 6.92 Å². The van der Waals surface area contributed by atoms with E-state index in [0.717, 1.165) is 33.5 Å². The highest BCUT2D eigenvalue weighted by atomic mass is 32.2. The minimum absolute atomic E-state index is 0.00818. The van der Waals surface area contributed by atoms with E-state index in [1.807, 2.05) is 42.5 Å². The fraction of sp³-hybridized carbons (Fsp3) is 0.129. The van der Waals surface area contributed by atoms with Gasteiger partial charge in [-0.1, -0.05) is 48.5 Å². The van der Waals surface area contributed by atoms with Gasteiger partial charge in [0.2, 0.25) is 0 Å². The number of thioether (sulfide) groups is 1. The Morgan fingerprint density at radius 2 is 1.71 bits per heavy atom. The Labute approximate surface area is 244 Å². The molecule has 0 atom stereocenters. The lowest BCUT2D eigenvalue weighted by Gasteiger charge is -2.14. The van der Waals surface area contributed by atoms with Crippen molar-refractivity contribution in [1.29, 1.82) is 0 Å². The van der Waals surface area contributed by atoms with Crippen LogP contribution >= 0.6 is 11.8 Å². The maximum Gasteiger partial charge on any atom is 0.343 e. The number of carbonyl (C=O) groups is 3. The van der Waals surface area contributed by atoms with E-state index in [1.54, 1.807) is 25.1 Å². The zero-order valence-corrected chi connectivity index (χ0v) is 23.2. The smallest absolute Gasteiger partial charge is 0.343 e. The van der Waals surface area contributed by atoms with Crippen molar-refractivity contribution in [3.8, 4) is 17.2 Å². The molecule has 1 fully saturated rings. The first-order valence-electron chi connectivity index (χ1n) is 12.9. The van der Waals surface area contributed by atoms with Crippen LogP contribution < -0.4 is 14.2 Å². The number of rotatable bonds is 10. The lowest BCUT2D eigenvalue weighted by molar-refractivity contribution is -0.384. The Bertz CT molecular complexity index is 1730. The maximum absolute atomic E-state index is 13.0. The molecule has 0 aromatic heterocycles. The van der Waals surface area contributed by atoms with Crippen LogP contribution in [0, 0.1) is 10.1 Å². The van der Waals surface area contributed by atoms with Gasteiger partial charge in [-0.2, -0.15) is 0 Å². The van der Waals surface area contributed by atoms with Gasteiger partial charge < -0.3 is 14.2 Å². The van der Waals surface area contributed by atoms with Gasteiger partial charge in [0, 0.05) is 17.5 Å². The second-order valence-corrected chi connectivity index (χ2v) is 9.99. The average Bonchev–Trinajstić information content (AvgIpc) is 3.26. The van der Waals surface area contributed by atoms with Gasteiger partial charge in [0.15, 0.2) is 11.5 Å². The molecule has 0 spiro atoms. The summed E-state index contributed by atoms with van der Waals surface area (Å²) in [6.45, 7) is 2.24. The van der Waals surface area contributed by atoms with Crippen LogP contribution in [-0.4, -0.2) is 46.7 Å². The van der Waals surface area contributed by atoms with Crippen molar-refractivity contribution in [2.24, 2.45) is 0 Å². The highest BCUT2D eigenvalue weighted by Crippen LogP contribution is 2.35. The number of nitro groups is 1. The van der Waals surface area contributed by atoms with Crippen molar-refractivity contribution >= 4 is 51.4 Å². The van der Waals surface area contributed by atoms with E-state index >= 15 is 0 Å². The Balaban J connectivity index is 1.27. The summed E-state index contributed by atoms with van der Waals surface area (Å²) in [4.78, 5) is 50.1. The van der Waals surface area contributed by atoms with Crippen LogP contribution in [-0.2, 0) is 4.79 Å². The van der Waals surface area contributed by atoms with Gasteiger partial charge in [-0.15, -0.1) is 0 Å². The van der Waals surface area contributed by atoms with Gasteiger partial charge in [0.25, 0.3) is 16.8 Å². The number of hydrogen-bond donors (Lipinski definition) is 0. The molecule has 1 aliphatic heterocycles. The summed E-state index contributed by atoms with van der Waals surface area (Å²) in [5.41, 5.74) is 0.318. The highest BCUT2D eigenvalue weighted by molar-refractivity contribution is 8.18. The van der Waals surface area contributed by atoms with Gasteiger partial charge in [-0.3, -0.25) is 24.6 Å². The minimum atomic E-state index is -0.792. The Morgan fingerprint density at radius 1 is 0.929 bits per heavy atom. The van der Waals surface area contributed by atoms with Crippen molar-refractivity contribution < 1.29 is 33.5 Å². The molecule has 0 unspecified atom stereocenters. The molecule has 212 valence electrons. The number of esters is 1. The normalized spacial score (nSPS) is 13.9. The van der Waals surface area contributed by atoms with E-state index in [1.165, 1.54) is 24.3 Å². The quantitative estimate of drug-likeness (QED) is 0.0677. The molecule has 11 heteroatoms. The van der Waals surface area contributed by atoms with Gasteiger partial charge in [0.05, 0.1) is 28.5 Å². The van der Waals surface area contributed by atoms with Crippen molar-refractivity contribution in [2.75, 3.05) is 19.8 Å². The van der Waals surface area contributed by atoms with Crippen LogP contribution in [0.5, 0.6) is 17.2 Å². The molecule has 0 aliphatic carbocycles. The largest absolute Gasteiger partial charge is 0.491 e. The third-order valence-corrected chi connectivity index (χ3v) is 7.16. The zero-order chi connectivity index (χ0) is 29.6. The Morgan fingerprint density at radius 3 is 2.52 bits per heavy atom. The van der Waals surface area contributed by atoms with E-state index in [9.17, 15) is 24.5 Å². The number of benzene rings is 4. The number of imide groups is 1. The predicted molar refractivity (Wildman–Crippen MR) is 158 cm³/mol. The molecule has 4 aromatic carbocycles. The minimum Gasteiger partial charge on any atom is -0.491 e. The van der Waals surface area contributed by atoms with Gasteiger partial charge in [-0.05, 0) is 60.0 Å². The summed E-state index contributed by atoms with van der Waals surface area (Å²) in [6, 6.07) is 23.4. The molecule has 1 heterocycles. The molecule has 4 aromatic rings. The first-order chi connectivity index (χ1) is 20.3. The molecule has 1 saturated heterocycles. The first-order valence-corrected chi connectivity index (χ1v) is 13.7. The molecule has 0 N–H and O–H groups in total. The third-order valence-electron chi connectivity index (χ3n) is 6.26. The first kappa shape index (κ1) is 28.4. The number of nitrogens with zero attached hydrogens (tertiary/aromatic N) is 2. The SMILES string of the molecule is CCOc1cc(/C=C2\SC(=O)N(CCOc3cccc4ccccc34)C2=O)ccc1OC(=O)c1cccc([N+](=O)[O-])c1. The monoisotopic (exact) mass is 584 g/mol. The molecule has 2 amide bonds. The van der Waals surface area contributed by atoms with Gasteiger partial charge >= 0.3 is 5.97 Å². The molecule has 0 saturated carbocycles. The number of hydrogen-bond acceptors (Lipinski definition) is 9. The van der Waals surface area contributed by atoms with Gasteiger partial charge in [0.1, 0.15) is 12.4 Å². The number of ether oxygens (including phenoxy) is 3. The topological polar surface area (TPSA) is 125 Å². The van der Waals surface area contributed by atoms with E-state index in [0.29, 0.717) is 11.3 Å². The van der Waals surface area contributed by atoms with Crippen LogP contribution in [0.3, 0.4) is 0 Å². The van der Waals surface area contributed by atoms with Gasteiger partial charge in [-0.25, -0.2) is 4.79 Å². The standard InChI is InChI=1S/C31H24N2O8S/c1-2-39-27-17-20(13-14-26(27)41-30(35)22-9-5-10-23(19-22)33(37)38)18-28-29(34)32(31(36)42-28)15-16-40-25-12-6-8-21-7-3-4-11-24(21)25/h3-14,17-19H,2,15-16H2,1H3/b28-18-. The van der Waals surface area contributed by atoms with Crippen LogP contribution in [0.2, 0.25) is 0 Å². The molecular weight excluding hydrogens is 560 g/mol. The van der Waals surface area contributed by atoms with Crippen LogP contribution in [0.15, 0.2) is 89.8 Å². The second kappa shape index (κ2) is 12.6. The molecular formula is C31H24N2O8S. The highest BCUT2D eigenvalue weighted by Gasteiger charge is 2.35. The van der Waals surface area contributed by atoms with E-state index in [2.05, 4.69) is 0 Å². The predicted octanol–water partition coefficient (Wildman–Crippen LogP) is 6.48. The Kier molecular flexibility index (Phi) is 8.49. The summed E-state index contributed by atoms with van der Waals surface area (Å²) in [6.07, 6.45) is 1.56. The van der Waals surface area contributed by atoms with Crippen molar-refractivity contribution in [3.63, 3.8) is 0 Å². The summed E-state index contributed by atoms with van der Waals surface area (Å²) >= 11 is 0.822. The number of carbonyl (C=O) groups excluding carboxylic acids is 3. The van der Waals surface area contributed by atoms with Crippen LogP contribution in [0.4, 0.5) is 10.5 Å². The lowest BCUT2D eigenvalue weighted by atomic mass is 10.1. The van der Waals surface area contributed by atoms with E-state index in [-0.39, 0.29) is 47.4 Å². The maximum atomic E-state index is 13.0. The Hall–Kier alpha value is -5.16. The summed E-state index contributed by atoms with van der Waals surface area (Å²) in [7, 11) is 0. The van der Waals surface area contributed by atoms with Crippen LogP contribution in [0.1, 0.15) is 22.8 Å². The number of non-ortho nitro benzene ring substituents is 1. The lowest BCUT2D eigenvalue weighted by Crippen LogP contribution is -2.32. The summed E-state index contributed by atoms with van der Waals surface area (Å²) in [5.74, 6) is -0.229. The summed E-state index contributed by atoms with van der Waals surface area (Å²) < 4.78 is 17.0. The van der Waals surface area contributed by atoms with Crippen molar-refractivity contribution in [1.82, 2.24) is 4.90 Å². The molecule has 42 heavy (non-hydrogen) atoms. The van der Waals surface area contributed by atoms with Crippen molar-refractivity contribution in [3.05, 3.63) is 111 Å². The van der Waals surface area contributed by atoms with E-state index in [4.69, 9.17) is 14.2 Å². The fourth-order valence-electron chi connectivity index (χ4n) is 4.28. The number of amides is 2. The zero-order valence-electron chi connectivity index (χ0n) is 22.4. The average molecular weight is 585 g/mol. The summed E-state index contributed by atoms with van der Waals surface area (Å²) in [5, 5.41) is 12.6. The second-order valence-electron chi connectivity index (χ2n) is 9.00. The molecule has 0 radical (unpaired) electrons. The third kappa shape index (κ3) is 6.26. The molecule has 1 aliphatic rings. The number of fused-ring (bicyclic) bond motifs is 1. The fourth-order valence-corrected chi connectivity index (χ4v) is 5.15. The molecule has 0 bridgehead atoms.